The number of ether oxygens (including phenoxy) is 3. The van der Waals surface area contributed by atoms with E-state index in [1.165, 1.54) is 0 Å². The van der Waals surface area contributed by atoms with E-state index in [4.69, 9.17) is 9.47 Å². The van der Waals surface area contributed by atoms with E-state index in [1.807, 2.05) is 0 Å². The van der Waals surface area contributed by atoms with Crippen LogP contribution in [0.3, 0.4) is 0 Å². The van der Waals surface area contributed by atoms with Crippen LogP contribution in [0.4, 0.5) is 26.3 Å². The van der Waals surface area contributed by atoms with Crippen molar-refractivity contribution in [2.24, 2.45) is 29.1 Å². The number of carbonyl (C=O) groups is 3. The van der Waals surface area contributed by atoms with Crippen LogP contribution in [-0.4, -0.2) is 48.1 Å². The fourth-order valence-electron chi connectivity index (χ4n) is 4.89. The molecule has 0 amide bonds. The first kappa shape index (κ1) is 24.6. The van der Waals surface area contributed by atoms with Gasteiger partial charge in [-0.3, -0.25) is 14.4 Å². The van der Waals surface area contributed by atoms with Crippen LogP contribution >= 0.6 is 0 Å². The Labute approximate surface area is 179 Å². The van der Waals surface area contributed by atoms with Crippen molar-refractivity contribution < 1.29 is 54.9 Å². The Morgan fingerprint density at radius 2 is 1.56 bits per heavy atom. The summed E-state index contributed by atoms with van der Waals surface area (Å²) in [6, 6.07) is 0. The summed E-state index contributed by atoms with van der Waals surface area (Å²) in [6.07, 6.45) is -15.0. The smallest absolute Gasteiger partial charge is 0.437 e. The standard InChI is InChI=1S/C20H24F6O6/c1-5-17(3,4)16(29)31-13-9-7-8-10(14(27)30-12(8)13)11(9)15(28)32-18(6-2,19(21,22)23)20(24,25)26/h8-13H,5-7H2,1-4H3. The molecule has 0 aromatic carbocycles. The Hall–Kier alpha value is -2.01. The molecule has 0 aromatic rings. The van der Waals surface area contributed by atoms with E-state index in [-0.39, 0.29) is 6.42 Å². The first-order valence-electron chi connectivity index (χ1n) is 10.3. The molecule has 0 spiro atoms. The molecule has 3 aliphatic rings. The number of fused-ring (bicyclic) bond motifs is 1. The number of halogens is 6. The average Bonchev–Trinajstić information content (AvgIpc) is 3.27. The summed E-state index contributed by atoms with van der Waals surface area (Å²) in [6.45, 7) is 5.53. The van der Waals surface area contributed by atoms with Gasteiger partial charge in [0.15, 0.2) is 0 Å². The third-order valence-corrected chi connectivity index (χ3v) is 7.19. The summed E-state index contributed by atoms with van der Waals surface area (Å²) in [5, 5.41) is 0. The van der Waals surface area contributed by atoms with Crippen LogP contribution in [0, 0.1) is 29.1 Å². The van der Waals surface area contributed by atoms with Crippen LogP contribution in [-0.2, 0) is 28.6 Å². The van der Waals surface area contributed by atoms with Gasteiger partial charge in [-0.1, -0.05) is 13.8 Å². The van der Waals surface area contributed by atoms with Crippen molar-refractivity contribution in [1.29, 1.82) is 0 Å². The van der Waals surface area contributed by atoms with Crippen LogP contribution in [0.5, 0.6) is 0 Å². The molecule has 0 radical (unpaired) electrons. The summed E-state index contributed by atoms with van der Waals surface area (Å²) >= 11 is 0. The van der Waals surface area contributed by atoms with Gasteiger partial charge in [-0.2, -0.15) is 26.3 Å². The van der Waals surface area contributed by atoms with E-state index in [2.05, 4.69) is 4.74 Å². The van der Waals surface area contributed by atoms with Crippen LogP contribution < -0.4 is 0 Å². The van der Waals surface area contributed by atoms with Gasteiger partial charge in [0.2, 0.25) is 0 Å². The summed E-state index contributed by atoms with van der Waals surface area (Å²) in [5.74, 6) is -7.89. The molecule has 3 fully saturated rings. The molecule has 0 aromatic heterocycles. The SMILES string of the molecule is CCC(C)(C)C(=O)OC1C2CC3C1OC(=O)C3C2C(=O)OC(CC)(C(F)(F)F)C(F)(F)F. The molecule has 2 bridgehead atoms. The molecule has 3 rings (SSSR count). The van der Waals surface area contributed by atoms with Gasteiger partial charge in [0.05, 0.1) is 17.3 Å². The normalized spacial score (nSPS) is 32.1. The number of hydrogen-bond donors (Lipinski definition) is 0. The van der Waals surface area contributed by atoms with E-state index in [0.717, 1.165) is 0 Å². The van der Waals surface area contributed by atoms with Crippen molar-refractivity contribution in [3.63, 3.8) is 0 Å². The van der Waals surface area contributed by atoms with Gasteiger partial charge in [0.1, 0.15) is 12.2 Å². The molecule has 1 aliphatic heterocycles. The number of alkyl halides is 6. The van der Waals surface area contributed by atoms with Crippen molar-refractivity contribution in [2.45, 2.75) is 77.1 Å². The molecule has 1 saturated heterocycles. The number of esters is 3. The molecule has 1 heterocycles. The Bertz CT molecular complexity index is 789. The predicted octanol–water partition coefficient (Wildman–Crippen LogP) is 3.96. The second-order valence-electron chi connectivity index (χ2n) is 9.22. The maximum absolute atomic E-state index is 13.4. The summed E-state index contributed by atoms with van der Waals surface area (Å²) < 4.78 is 95.4. The van der Waals surface area contributed by atoms with E-state index in [1.54, 1.807) is 20.8 Å². The zero-order chi connectivity index (χ0) is 24.4. The molecular weight excluding hydrogens is 450 g/mol. The molecule has 182 valence electrons. The molecule has 32 heavy (non-hydrogen) atoms. The first-order chi connectivity index (χ1) is 14.5. The summed E-state index contributed by atoms with van der Waals surface area (Å²) in [5.41, 5.74) is -5.64. The zero-order valence-electron chi connectivity index (χ0n) is 17.8. The van der Waals surface area contributed by atoms with E-state index < -0.39 is 83.6 Å². The lowest BCUT2D eigenvalue weighted by atomic mass is 9.78. The molecule has 2 aliphatic carbocycles. The summed E-state index contributed by atoms with van der Waals surface area (Å²) in [4.78, 5) is 37.6. The third kappa shape index (κ3) is 3.44. The number of rotatable bonds is 6. The highest BCUT2D eigenvalue weighted by Crippen LogP contribution is 2.60. The Balaban J connectivity index is 1.91. The Morgan fingerprint density at radius 1 is 1.00 bits per heavy atom. The molecule has 0 N–H and O–H groups in total. The lowest BCUT2D eigenvalue weighted by molar-refractivity contribution is -0.371. The van der Waals surface area contributed by atoms with Crippen molar-refractivity contribution in [3.05, 3.63) is 0 Å². The monoisotopic (exact) mass is 474 g/mol. The van der Waals surface area contributed by atoms with Gasteiger partial charge >= 0.3 is 35.9 Å². The summed E-state index contributed by atoms with van der Waals surface area (Å²) in [7, 11) is 0. The first-order valence-corrected chi connectivity index (χ1v) is 10.3. The van der Waals surface area contributed by atoms with Gasteiger partial charge in [-0.15, -0.1) is 0 Å². The maximum Gasteiger partial charge on any atom is 0.437 e. The van der Waals surface area contributed by atoms with E-state index in [0.29, 0.717) is 13.3 Å². The maximum atomic E-state index is 13.4. The quantitative estimate of drug-likeness (QED) is 0.330. The van der Waals surface area contributed by atoms with Gasteiger partial charge in [0, 0.05) is 18.3 Å². The third-order valence-electron chi connectivity index (χ3n) is 7.19. The zero-order valence-corrected chi connectivity index (χ0v) is 17.8. The lowest BCUT2D eigenvalue weighted by Crippen LogP contribution is -2.60. The molecule has 6 atom stereocenters. The van der Waals surface area contributed by atoms with Gasteiger partial charge in [-0.25, -0.2) is 0 Å². The van der Waals surface area contributed by atoms with E-state index >= 15 is 0 Å². The second-order valence-corrected chi connectivity index (χ2v) is 9.22. The highest BCUT2D eigenvalue weighted by molar-refractivity contribution is 5.86. The largest absolute Gasteiger partial charge is 0.458 e. The van der Waals surface area contributed by atoms with Crippen LogP contribution in [0.25, 0.3) is 0 Å². The van der Waals surface area contributed by atoms with Crippen molar-refractivity contribution in [3.8, 4) is 0 Å². The minimum atomic E-state index is -5.93. The highest BCUT2D eigenvalue weighted by atomic mass is 19.4. The van der Waals surface area contributed by atoms with Gasteiger partial charge in [0.25, 0.3) is 0 Å². The minimum Gasteiger partial charge on any atom is -0.458 e. The molecule has 6 nitrogen and oxygen atoms in total. The number of hydrogen-bond acceptors (Lipinski definition) is 6. The van der Waals surface area contributed by atoms with Crippen LogP contribution in [0.15, 0.2) is 0 Å². The lowest BCUT2D eigenvalue weighted by Gasteiger charge is -2.38. The topological polar surface area (TPSA) is 78.9 Å². The molecule has 2 saturated carbocycles. The van der Waals surface area contributed by atoms with E-state index in [9.17, 15) is 40.7 Å². The van der Waals surface area contributed by atoms with Crippen LogP contribution in [0.2, 0.25) is 0 Å². The van der Waals surface area contributed by atoms with Crippen molar-refractivity contribution in [2.75, 3.05) is 0 Å². The average molecular weight is 474 g/mol. The molecule has 12 heteroatoms. The van der Waals surface area contributed by atoms with Crippen molar-refractivity contribution >= 4 is 17.9 Å². The Kier molecular flexibility index (Phi) is 5.78. The molecule has 6 unspecified atom stereocenters. The van der Waals surface area contributed by atoms with Crippen LogP contribution in [0.1, 0.15) is 47.0 Å². The minimum absolute atomic E-state index is 0.0858. The Morgan fingerprint density at radius 3 is 2.03 bits per heavy atom. The van der Waals surface area contributed by atoms with Crippen molar-refractivity contribution in [1.82, 2.24) is 0 Å². The van der Waals surface area contributed by atoms with Gasteiger partial charge in [-0.05, 0) is 26.7 Å². The fraction of sp³-hybridized carbons (Fsp3) is 0.850. The highest BCUT2D eigenvalue weighted by Gasteiger charge is 2.75. The number of carbonyl (C=O) groups excluding carboxylic acids is 3. The second kappa shape index (κ2) is 7.51. The predicted molar refractivity (Wildman–Crippen MR) is 93.6 cm³/mol. The van der Waals surface area contributed by atoms with Gasteiger partial charge < -0.3 is 14.2 Å². The molecular formula is C20H24F6O6. The fourth-order valence-corrected chi connectivity index (χ4v) is 4.89.